The standard InChI is InChI=1S/C26H58O4Si2/c1-9-13-19-27-31(25(5)6,28-20-14-10-2)23-17-18-24-32(26(7)8,29-21-15-11-3)30-22-16-12-4/h25-26H,9-24H2,1-8H3. The zero-order valence-corrected chi connectivity index (χ0v) is 25.1. The SMILES string of the molecule is CCCCO[Si](CCCC[Si](OCCCC)(OCCCC)C(C)C)(OCCCC)C(C)C. The Balaban J connectivity index is 5.13. The Morgan fingerprint density at radius 1 is 0.438 bits per heavy atom. The third-order valence-corrected chi connectivity index (χ3v) is 14.8. The number of hydrogen-bond acceptors (Lipinski definition) is 4. The molecule has 0 fully saturated rings. The highest BCUT2D eigenvalue weighted by atomic mass is 28.4. The molecule has 0 N–H and O–H groups in total. The smallest absolute Gasteiger partial charge is 0.340 e. The Hall–Kier alpha value is 0.274. The average molecular weight is 491 g/mol. The van der Waals surface area contributed by atoms with Gasteiger partial charge >= 0.3 is 17.1 Å². The van der Waals surface area contributed by atoms with Gasteiger partial charge in [0.1, 0.15) is 0 Å². The van der Waals surface area contributed by atoms with E-state index in [1.165, 1.54) is 25.7 Å². The number of rotatable bonds is 23. The second-order valence-corrected chi connectivity index (χ2v) is 17.7. The van der Waals surface area contributed by atoms with Crippen molar-refractivity contribution in [2.75, 3.05) is 26.4 Å². The topological polar surface area (TPSA) is 36.9 Å². The number of unbranched alkanes of at least 4 members (excludes halogenated alkanes) is 5. The fourth-order valence-electron chi connectivity index (χ4n) is 3.92. The minimum Gasteiger partial charge on any atom is -0.394 e. The lowest BCUT2D eigenvalue weighted by atomic mass is 10.4. The summed E-state index contributed by atoms with van der Waals surface area (Å²) in [5, 5.41) is 0. The van der Waals surface area contributed by atoms with Gasteiger partial charge in [0.05, 0.1) is 0 Å². The second kappa shape index (κ2) is 19.6. The Morgan fingerprint density at radius 3 is 0.875 bits per heavy atom. The van der Waals surface area contributed by atoms with Gasteiger partial charge in [-0.15, -0.1) is 0 Å². The molecule has 0 rings (SSSR count). The van der Waals surface area contributed by atoms with E-state index < -0.39 is 17.1 Å². The first-order valence-electron chi connectivity index (χ1n) is 13.9. The van der Waals surface area contributed by atoms with E-state index in [1.807, 2.05) is 0 Å². The number of hydrogen-bond donors (Lipinski definition) is 0. The highest BCUT2D eigenvalue weighted by Gasteiger charge is 2.43. The van der Waals surface area contributed by atoms with Crippen LogP contribution in [0.5, 0.6) is 0 Å². The molecule has 194 valence electrons. The van der Waals surface area contributed by atoms with Gasteiger partial charge in [-0.2, -0.15) is 0 Å². The summed E-state index contributed by atoms with van der Waals surface area (Å²) in [5.74, 6) is 0. The van der Waals surface area contributed by atoms with E-state index in [0.717, 1.165) is 77.0 Å². The van der Waals surface area contributed by atoms with Gasteiger partial charge in [-0.25, -0.2) is 0 Å². The van der Waals surface area contributed by atoms with Crippen LogP contribution in [0.4, 0.5) is 0 Å². The van der Waals surface area contributed by atoms with Gasteiger partial charge in [0, 0.05) is 26.4 Å². The van der Waals surface area contributed by atoms with Crippen molar-refractivity contribution < 1.29 is 17.7 Å². The van der Waals surface area contributed by atoms with Gasteiger partial charge in [-0.05, 0) is 48.9 Å². The largest absolute Gasteiger partial charge is 0.394 e. The van der Waals surface area contributed by atoms with Gasteiger partial charge in [0.2, 0.25) is 0 Å². The van der Waals surface area contributed by atoms with Crippen molar-refractivity contribution in [1.82, 2.24) is 0 Å². The first-order chi connectivity index (χ1) is 15.3. The summed E-state index contributed by atoms with van der Waals surface area (Å²) in [4.78, 5) is 0. The van der Waals surface area contributed by atoms with Gasteiger partial charge in [0.15, 0.2) is 0 Å². The van der Waals surface area contributed by atoms with Crippen LogP contribution in [0.3, 0.4) is 0 Å². The predicted octanol–water partition coefficient (Wildman–Crippen LogP) is 8.74. The molecule has 0 saturated heterocycles. The molecule has 0 aromatic rings. The highest BCUT2D eigenvalue weighted by molar-refractivity contribution is 6.69. The maximum atomic E-state index is 6.58. The summed E-state index contributed by atoms with van der Waals surface area (Å²) in [6.45, 7) is 21.5. The van der Waals surface area contributed by atoms with E-state index in [-0.39, 0.29) is 0 Å². The van der Waals surface area contributed by atoms with Crippen molar-refractivity contribution >= 4 is 17.1 Å². The summed E-state index contributed by atoms with van der Waals surface area (Å²) in [7, 11) is -4.40. The average Bonchev–Trinajstić information content (AvgIpc) is 2.76. The van der Waals surface area contributed by atoms with Gasteiger partial charge < -0.3 is 17.7 Å². The van der Waals surface area contributed by atoms with E-state index in [4.69, 9.17) is 17.7 Å². The van der Waals surface area contributed by atoms with Crippen LogP contribution in [0.25, 0.3) is 0 Å². The Labute approximate surface area is 204 Å². The first-order valence-corrected chi connectivity index (χ1v) is 18.1. The molecule has 0 aromatic carbocycles. The summed E-state index contributed by atoms with van der Waals surface area (Å²) in [6, 6.07) is 2.18. The maximum Gasteiger partial charge on any atom is 0.340 e. The molecule has 0 spiro atoms. The monoisotopic (exact) mass is 490 g/mol. The lowest BCUT2D eigenvalue weighted by Crippen LogP contribution is -2.47. The van der Waals surface area contributed by atoms with Crippen molar-refractivity contribution in [3.63, 3.8) is 0 Å². The third-order valence-electron chi connectivity index (χ3n) is 6.44. The molecule has 0 heterocycles. The molecule has 0 atom stereocenters. The molecule has 4 nitrogen and oxygen atoms in total. The summed E-state index contributed by atoms with van der Waals surface area (Å²) in [5.41, 5.74) is 0.954. The lowest BCUT2D eigenvalue weighted by Gasteiger charge is -2.36. The molecule has 0 aliphatic heterocycles. The Kier molecular flexibility index (Phi) is 19.7. The van der Waals surface area contributed by atoms with Gasteiger partial charge in [-0.3, -0.25) is 0 Å². The molecular weight excluding hydrogens is 432 g/mol. The van der Waals surface area contributed by atoms with Crippen molar-refractivity contribution in [2.45, 2.75) is 143 Å². The second-order valence-electron chi connectivity index (χ2n) is 9.95. The highest BCUT2D eigenvalue weighted by Crippen LogP contribution is 2.34. The van der Waals surface area contributed by atoms with Crippen LogP contribution in [-0.2, 0) is 17.7 Å². The molecule has 0 aromatic heterocycles. The molecule has 0 aliphatic carbocycles. The Morgan fingerprint density at radius 2 is 0.688 bits per heavy atom. The van der Waals surface area contributed by atoms with Gasteiger partial charge in [0.25, 0.3) is 0 Å². The van der Waals surface area contributed by atoms with Crippen LogP contribution < -0.4 is 0 Å². The molecule has 0 bridgehead atoms. The molecule has 0 radical (unpaired) electrons. The van der Waals surface area contributed by atoms with E-state index in [0.29, 0.717) is 11.1 Å². The van der Waals surface area contributed by atoms with E-state index in [1.54, 1.807) is 0 Å². The third kappa shape index (κ3) is 12.7. The quantitative estimate of drug-likeness (QED) is 0.106. The van der Waals surface area contributed by atoms with Gasteiger partial charge in [-0.1, -0.05) is 93.9 Å². The molecule has 0 amide bonds. The summed E-state index contributed by atoms with van der Waals surface area (Å²) < 4.78 is 26.3. The van der Waals surface area contributed by atoms with E-state index in [9.17, 15) is 0 Å². The maximum absolute atomic E-state index is 6.58. The molecule has 0 aliphatic rings. The first kappa shape index (κ1) is 32.3. The van der Waals surface area contributed by atoms with E-state index >= 15 is 0 Å². The van der Waals surface area contributed by atoms with E-state index in [2.05, 4.69) is 55.4 Å². The molecular formula is C26H58O4Si2. The summed E-state index contributed by atoms with van der Waals surface area (Å²) in [6.07, 6.45) is 11.5. The normalized spacial score (nSPS) is 12.9. The van der Waals surface area contributed by atoms with Crippen LogP contribution >= 0.6 is 0 Å². The van der Waals surface area contributed by atoms with Crippen LogP contribution in [-0.4, -0.2) is 43.5 Å². The minimum atomic E-state index is -2.20. The van der Waals surface area contributed by atoms with Crippen molar-refractivity contribution in [2.24, 2.45) is 0 Å². The predicted molar refractivity (Wildman–Crippen MR) is 144 cm³/mol. The zero-order valence-electron chi connectivity index (χ0n) is 23.1. The molecule has 0 unspecified atom stereocenters. The van der Waals surface area contributed by atoms with Crippen LogP contribution in [0.1, 0.15) is 120 Å². The minimum absolute atomic E-state index is 0.477. The summed E-state index contributed by atoms with van der Waals surface area (Å²) >= 11 is 0. The molecule has 6 heteroatoms. The molecule has 0 saturated carbocycles. The fraction of sp³-hybridized carbons (Fsp3) is 1.00. The zero-order chi connectivity index (χ0) is 24.3. The van der Waals surface area contributed by atoms with Crippen molar-refractivity contribution in [3.05, 3.63) is 0 Å². The fourth-order valence-corrected chi connectivity index (χ4v) is 10.6. The van der Waals surface area contributed by atoms with Crippen molar-refractivity contribution in [1.29, 1.82) is 0 Å². The van der Waals surface area contributed by atoms with Crippen LogP contribution in [0.2, 0.25) is 23.2 Å². The lowest BCUT2D eigenvalue weighted by molar-refractivity contribution is 0.151. The van der Waals surface area contributed by atoms with Crippen LogP contribution in [0, 0.1) is 0 Å². The van der Waals surface area contributed by atoms with Crippen LogP contribution in [0.15, 0.2) is 0 Å². The molecule has 32 heavy (non-hydrogen) atoms. The van der Waals surface area contributed by atoms with Crippen molar-refractivity contribution in [3.8, 4) is 0 Å². The Bertz CT molecular complexity index is 361.